The van der Waals surface area contributed by atoms with Crippen molar-refractivity contribution in [2.45, 2.75) is 50.8 Å². The number of rotatable bonds is 8. The van der Waals surface area contributed by atoms with Gasteiger partial charge in [-0.2, -0.15) is 0 Å². The molecule has 1 N–H and O–H groups in total. The molecule has 0 unspecified atom stereocenters. The van der Waals surface area contributed by atoms with Gasteiger partial charge in [0.1, 0.15) is 5.82 Å². The summed E-state index contributed by atoms with van der Waals surface area (Å²) in [5.41, 5.74) is 1.01. The van der Waals surface area contributed by atoms with Crippen molar-refractivity contribution in [1.82, 2.24) is 24.3 Å². The predicted octanol–water partition coefficient (Wildman–Crippen LogP) is 2.51. The predicted molar refractivity (Wildman–Crippen MR) is 150 cm³/mol. The smallest absolute Gasteiger partial charge is 0.255 e. The number of hydrogen-bond acceptors (Lipinski definition) is 7. The summed E-state index contributed by atoms with van der Waals surface area (Å²) in [4.78, 5) is 41.1. The summed E-state index contributed by atoms with van der Waals surface area (Å²) in [6.45, 7) is 7.37. The molecule has 1 amide bonds. The van der Waals surface area contributed by atoms with Crippen LogP contribution in [0.3, 0.4) is 0 Å². The number of piperidine rings is 1. The van der Waals surface area contributed by atoms with Crippen LogP contribution in [0.2, 0.25) is 0 Å². The minimum Gasteiger partial charge on any atom is -0.388 e. The van der Waals surface area contributed by atoms with E-state index >= 15 is 0 Å². The number of piperazine rings is 1. The number of carbonyl (C=O) groups is 1. The van der Waals surface area contributed by atoms with Gasteiger partial charge in [0.05, 0.1) is 24.2 Å². The van der Waals surface area contributed by atoms with E-state index in [4.69, 9.17) is 0 Å². The average molecular weight is 531 g/mol. The number of anilines is 1. The molecule has 4 heterocycles. The van der Waals surface area contributed by atoms with Crippen molar-refractivity contribution >= 4 is 11.7 Å². The van der Waals surface area contributed by atoms with E-state index in [1.807, 2.05) is 59.6 Å². The Morgan fingerprint density at radius 3 is 2.36 bits per heavy atom. The number of nitrogens with zero attached hydrogens (tertiary/aromatic N) is 6. The van der Waals surface area contributed by atoms with Gasteiger partial charge in [0.15, 0.2) is 0 Å². The highest BCUT2D eigenvalue weighted by molar-refractivity contribution is 5.77. The van der Waals surface area contributed by atoms with Gasteiger partial charge >= 0.3 is 0 Å². The largest absolute Gasteiger partial charge is 0.388 e. The van der Waals surface area contributed by atoms with Gasteiger partial charge in [-0.3, -0.25) is 24.0 Å². The summed E-state index contributed by atoms with van der Waals surface area (Å²) >= 11 is 0. The van der Waals surface area contributed by atoms with E-state index in [2.05, 4.69) is 26.7 Å². The maximum Gasteiger partial charge on any atom is 0.255 e. The van der Waals surface area contributed by atoms with E-state index in [9.17, 15) is 14.7 Å². The zero-order valence-corrected chi connectivity index (χ0v) is 22.7. The lowest BCUT2D eigenvalue weighted by molar-refractivity contribution is -0.136. The fourth-order valence-corrected chi connectivity index (χ4v) is 5.50. The average Bonchev–Trinajstić information content (AvgIpc) is 2.96. The molecule has 1 aromatic carbocycles. The van der Waals surface area contributed by atoms with Crippen molar-refractivity contribution < 1.29 is 9.90 Å². The lowest BCUT2D eigenvalue weighted by atomic mass is 9.90. The highest BCUT2D eigenvalue weighted by atomic mass is 16.3. The topological polar surface area (TPSA) is 94.8 Å². The minimum absolute atomic E-state index is 0.108. The molecular weight excluding hydrogens is 492 g/mol. The summed E-state index contributed by atoms with van der Waals surface area (Å²) < 4.78 is 1.50. The van der Waals surface area contributed by atoms with Crippen LogP contribution in [0.5, 0.6) is 0 Å². The third kappa shape index (κ3) is 6.91. The molecule has 2 fully saturated rings. The lowest BCUT2D eigenvalue weighted by Gasteiger charge is -2.39. The Hall–Kier alpha value is -3.56. The molecule has 0 bridgehead atoms. The fourth-order valence-electron chi connectivity index (χ4n) is 5.50. The number of aromatic nitrogens is 3. The quantitative estimate of drug-likeness (QED) is 0.478. The van der Waals surface area contributed by atoms with Gasteiger partial charge in [-0.05, 0) is 36.5 Å². The monoisotopic (exact) mass is 530 g/mol. The number of amides is 1. The summed E-state index contributed by atoms with van der Waals surface area (Å²) in [5.74, 6) is 0.928. The van der Waals surface area contributed by atoms with E-state index in [0.717, 1.165) is 44.0 Å². The molecule has 2 aromatic heterocycles. The first kappa shape index (κ1) is 27.0. The molecule has 2 saturated heterocycles. The number of benzene rings is 1. The Kier molecular flexibility index (Phi) is 8.38. The SMILES string of the molecule is C[C@H](CC(=O)N1CCC(O)(Cn2cnc(N3CCN(Cc4ccccn4)CC3)cc2=O)CC1)c1ccccc1. The van der Waals surface area contributed by atoms with E-state index in [-0.39, 0.29) is 23.9 Å². The van der Waals surface area contributed by atoms with Crippen LogP contribution < -0.4 is 10.5 Å². The zero-order chi connectivity index (χ0) is 27.2. The van der Waals surface area contributed by atoms with Gasteiger partial charge in [0.25, 0.3) is 5.56 Å². The van der Waals surface area contributed by atoms with Crippen LogP contribution in [0.4, 0.5) is 5.82 Å². The second-order valence-corrected chi connectivity index (χ2v) is 10.9. The number of hydrogen-bond donors (Lipinski definition) is 1. The fraction of sp³-hybridized carbons (Fsp3) is 0.467. The molecule has 206 valence electrons. The van der Waals surface area contributed by atoms with Gasteiger partial charge in [-0.1, -0.05) is 43.3 Å². The summed E-state index contributed by atoms with van der Waals surface area (Å²) in [5, 5.41) is 11.2. The normalized spacial score (nSPS) is 18.6. The second kappa shape index (κ2) is 12.1. The van der Waals surface area contributed by atoms with Crippen molar-refractivity contribution in [2.75, 3.05) is 44.2 Å². The molecule has 2 aliphatic rings. The molecule has 0 saturated carbocycles. The maximum atomic E-state index is 12.9. The van der Waals surface area contributed by atoms with E-state index in [1.165, 1.54) is 4.57 Å². The Morgan fingerprint density at radius 1 is 0.974 bits per heavy atom. The van der Waals surface area contributed by atoms with Gasteiger partial charge in [0, 0.05) is 64.5 Å². The van der Waals surface area contributed by atoms with Gasteiger partial charge in [0.2, 0.25) is 5.91 Å². The molecule has 1 atom stereocenters. The Balaban J connectivity index is 1.11. The first-order valence-electron chi connectivity index (χ1n) is 13.9. The summed E-state index contributed by atoms with van der Waals surface area (Å²) in [6, 6.07) is 17.6. The van der Waals surface area contributed by atoms with Crippen LogP contribution in [0.15, 0.2) is 71.9 Å². The number of pyridine rings is 1. The number of carbonyl (C=O) groups excluding carboxylic acids is 1. The third-order valence-corrected chi connectivity index (χ3v) is 8.03. The molecule has 5 rings (SSSR count). The molecule has 3 aromatic rings. The second-order valence-electron chi connectivity index (χ2n) is 10.9. The van der Waals surface area contributed by atoms with Crippen molar-refractivity contribution in [1.29, 1.82) is 0 Å². The van der Waals surface area contributed by atoms with Gasteiger partial charge in [-0.25, -0.2) is 4.98 Å². The Morgan fingerprint density at radius 2 is 1.69 bits per heavy atom. The molecular formula is C30H38N6O3. The summed E-state index contributed by atoms with van der Waals surface area (Å²) in [6.07, 6.45) is 4.69. The Labute approximate surface area is 229 Å². The number of aliphatic hydroxyl groups is 1. The van der Waals surface area contributed by atoms with Crippen LogP contribution in [-0.2, 0) is 17.9 Å². The van der Waals surface area contributed by atoms with Crippen LogP contribution >= 0.6 is 0 Å². The number of likely N-dealkylation sites (tertiary alicyclic amines) is 1. The van der Waals surface area contributed by atoms with Crippen molar-refractivity contribution in [3.63, 3.8) is 0 Å². The standard InChI is InChI=1S/C30H38N6O3/c1-24(25-7-3-2-4-8-25)19-28(37)35-13-10-30(39,11-14-35)22-36-23-32-27(20-29(36)38)34-17-15-33(16-18-34)21-26-9-5-6-12-31-26/h2-9,12,20,23-24,39H,10-11,13-19,21-22H2,1H3/t24-/m1/s1. The van der Waals surface area contributed by atoms with Gasteiger partial charge < -0.3 is 14.9 Å². The van der Waals surface area contributed by atoms with Gasteiger partial charge in [-0.15, -0.1) is 0 Å². The van der Waals surface area contributed by atoms with Crippen LogP contribution in [0.1, 0.15) is 43.4 Å². The molecule has 39 heavy (non-hydrogen) atoms. The van der Waals surface area contributed by atoms with E-state index in [1.54, 1.807) is 12.4 Å². The zero-order valence-electron chi connectivity index (χ0n) is 22.7. The van der Waals surface area contributed by atoms with Crippen molar-refractivity contribution in [2.24, 2.45) is 0 Å². The molecule has 9 nitrogen and oxygen atoms in total. The molecule has 2 aliphatic heterocycles. The highest BCUT2D eigenvalue weighted by Crippen LogP contribution is 2.26. The summed E-state index contributed by atoms with van der Waals surface area (Å²) in [7, 11) is 0. The minimum atomic E-state index is -1.04. The van der Waals surface area contributed by atoms with Crippen LogP contribution in [-0.4, -0.2) is 80.2 Å². The highest BCUT2D eigenvalue weighted by Gasteiger charge is 2.35. The molecule has 0 spiro atoms. The van der Waals surface area contributed by atoms with Crippen molar-refractivity contribution in [3.8, 4) is 0 Å². The lowest BCUT2D eigenvalue weighted by Crippen LogP contribution is -2.50. The Bertz CT molecular complexity index is 1280. The van der Waals surface area contributed by atoms with Crippen LogP contribution in [0.25, 0.3) is 0 Å². The van der Waals surface area contributed by atoms with Crippen LogP contribution in [0, 0.1) is 0 Å². The molecule has 0 radical (unpaired) electrons. The van der Waals surface area contributed by atoms with E-state index < -0.39 is 5.60 Å². The third-order valence-electron chi connectivity index (χ3n) is 8.03. The first-order valence-corrected chi connectivity index (χ1v) is 13.9. The first-order chi connectivity index (χ1) is 18.9. The molecule has 9 heteroatoms. The van der Waals surface area contributed by atoms with Crippen molar-refractivity contribution in [3.05, 3.63) is 88.7 Å². The maximum absolute atomic E-state index is 12.9. The molecule has 0 aliphatic carbocycles. The van der Waals surface area contributed by atoms with E-state index in [0.29, 0.717) is 38.2 Å².